The third-order valence-electron chi connectivity index (χ3n) is 2.87. The third kappa shape index (κ3) is 4.47. The highest BCUT2D eigenvalue weighted by molar-refractivity contribution is 6.30. The van der Waals surface area contributed by atoms with Crippen LogP contribution in [-0.2, 0) is 4.74 Å². The summed E-state index contributed by atoms with van der Waals surface area (Å²) in [5.41, 5.74) is 11.7. The van der Waals surface area contributed by atoms with Crippen molar-refractivity contribution in [3.05, 3.63) is 41.4 Å². The second-order valence-corrected chi connectivity index (χ2v) is 4.92. The van der Waals surface area contributed by atoms with E-state index in [1.54, 1.807) is 18.3 Å². The molecule has 6 nitrogen and oxygen atoms in total. The first-order valence-electron chi connectivity index (χ1n) is 6.45. The Morgan fingerprint density at radius 2 is 2.10 bits per heavy atom. The number of oxazole rings is 1. The van der Waals surface area contributed by atoms with Crippen LogP contribution in [0.2, 0.25) is 5.02 Å². The Balaban J connectivity index is 1.92. The van der Waals surface area contributed by atoms with E-state index >= 15 is 0 Å². The van der Waals surface area contributed by atoms with E-state index < -0.39 is 6.09 Å². The fourth-order valence-corrected chi connectivity index (χ4v) is 1.93. The largest absolute Gasteiger partial charge is 0.450 e. The molecule has 0 fully saturated rings. The van der Waals surface area contributed by atoms with Gasteiger partial charge in [0.1, 0.15) is 0 Å². The lowest BCUT2D eigenvalue weighted by Gasteiger charge is -2.07. The summed E-state index contributed by atoms with van der Waals surface area (Å²) in [4.78, 5) is 14.6. The second-order valence-electron chi connectivity index (χ2n) is 4.49. The Morgan fingerprint density at radius 3 is 2.76 bits per heavy atom. The lowest BCUT2D eigenvalue weighted by atomic mass is 10.2. The first-order valence-corrected chi connectivity index (χ1v) is 6.83. The predicted octanol–water partition coefficient (Wildman–Crippen LogP) is 2.87. The highest BCUT2D eigenvalue weighted by Crippen LogP contribution is 2.25. The predicted molar refractivity (Wildman–Crippen MR) is 78.6 cm³/mol. The molecule has 0 aliphatic heterocycles. The number of benzene rings is 1. The van der Waals surface area contributed by atoms with E-state index in [0.717, 1.165) is 5.56 Å². The molecule has 112 valence electrons. The molecule has 1 aromatic heterocycles. The molecular weight excluding hydrogens is 294 g/mol. The standard InChI is InChI=1S/C14H16ClN3O3/c15-10-5-3-9(4-6-10)12-8-18-13(21-12)11(16)2-1-7-20-14(17)19/h3-6,8,11H,1-2,7,16H2,(H2,17,19). The first kappa shape index (κ1) is 15.3. The van der Waals surface area contributed by atoms with Gasteiger partial charge in [0.05, 0.1) is 18.8 Å². The van der Waals surface area contributed by atoms with Gasteiger partial charge in [0.25, 0.3) is 0 Å². The van der Waals surface area contributed by atoms with Crippen molar-refractivity contribution in [3.8, 4) is 11.3 Å². The maximum atomic E-state index is 10.4. The molecule has 21 heavy (non-hydrogen) atoms. The van der Waals surface area contributed by atoms with E-state index in [2.05, 4.69) is 9.72 Å². The third-order valence-corrected chi connectivity index (χ3v) is 3.13. The van der Waals surface area contributed by atoms with Gasteiger partial charge in [-0.1, -0.05) is 11.6 Å². The normalized spacial score (nSPS) is 12.1. The zero-order chi connectivity index (χ0) is 15.2. The van der Waals surface area contributed by atoms with Gasteiger partial charge < -0.3 is 20.6 Å². The number of halogens is 1. The summed E-state index contributed by atoms with van der Waals surface area (Å²) in [5.74, 6) is 1.07. The Labute approximate surface area is 127 Å². The van der Waals surface area contributed by atoms with Gasteiger partial charge in [-0.2, -0.15) is 0 Å². The second kappa shape index (κ2) is 7.10. The number of hydrogen-bond donors (Lipinski definition) is 2. The van der Waals surface area contributed by atoms with E-state index in [1.807, 2.05) is 12.1 Å². The molecule has 0 aliphatic carbocycles. The van der Waals surface area contributed by atoms with Crippen molar-refractivity contribution in [2.24, 2.45) is 11.5 Å². The van der Waals surface area contributed by atoms with E-state index in [9.17, 15) is 4.79 Å². The SMILES string of the molecule is NC(=O)OCCCC(N)c1ncc(-c2ccc(Cl)cc2)o1. The van der Waals surface area contributed by atoms with Gasteiger partial charge in [-0.15, -0.1) is 0 Å². The molecule has 0 saturated carbocycles. The van der Waals surface area contributed by atoms with Crippen LogP contribution >= 0.6 is 11.6 Å². The quantitative estimate of drug-likeness (QED) is 0.798. The van der Waals surface area contributed by atoms with Crippen molar-refractivity contribution in [1.29, 1.82) is 0 Å². The molecule has 0 bridgehead atoms. The minimum atomic E-state index is -0.787. The van der Waals surface area contributed by atoms with Crippen LogP contribution in [0, 0.1) is 0 Å². The summed E-state index contributed by atoms with van der Waals surface area (Å²) in [7, 11) is 0. The van der Waals surface area contributed by atoms with Gasteiger partial charge in [-0.25, -0.2) is 9.78 Å². The van der Waals surface area contributed by atoms with Gasteiger partial charge in [-0.05, 0) is 37.1 Å². The Morgan fingerprint density at radius 1 is 1.38 bits per heavy atom. The molecule has 7 heteroatoms. The molecule has 0 aliphatic rings. The van der Waals surface area contributed by atoms with Gasteiger partial charge >= 0.3 is 6.09 Å². The zero-order valence-corrected chi connectivity index (χ0v) is 12.0. The number of aromatic nitrogens is 1. The van der Waals surface area contributed by atoms with Crippen LogP contribution in [0.15, 0.2) is 34.9 Å². The number of carbonyl (C=O) groups excluding carboxylic acids is 1. The van der Waals surface area contributed by atoms with Crippen molar-refractivity contribution >= 4 is 17.7 Å². The minimum Gasteiger partial charge on any atom is -0.450 e. The highest BCUT2D eigenvalue weighted by atomic mass is 35.5. The molecule has 2 rings (SSSR count). The number of rotatable bonds is 6. The van der Waals surface area contributed by atoms with E-state index in [1.165, 1.54) is 0 Å². The van der Waals surface area contributed by atoms with Gasteiger partial charge in [-0.3, -0.25) is 0 Å². The molecule has 1 atom stereocenters. The molecule has 0 saturated heterocycles. The molecule has 2 aromatic rings. The molecule has 1 amide bonds. The van der Waals surface area contributed by atoms with E-state index in [-0.39, 0.29) is 12.6 Å². The van der Waals surface area contributed by atoms with Crippen LogP contribution in [0.25, 0.3) is 11.3 Å². The van der Waals surface area contributed by atoms with Gasteiger partial charge in [0.15, 0.2) is 5.76 Å². The summed E-state index contributed by atoms with van der Waals surface area (Å²) in [6.07, 6.45) is 2.00. The Kier molecular flexibility index (Phi) is 5.19. The number of carbonyl (C=O) groups is 1. The molecular formula is C14H16ClN3O3. The molecule has 0 radical (unpaired) electrons. The Hall–Kier alpha value is -2.05. The van der Waals surface area contributed by atoms with Crippen LogP contribution in [0.4, 0.5) is 4.79 Å². The summed E-state index contributed by atoms with van der Waals surface area (Å²) in [6, 6.07) is 6.89. The molecule has 1 heterocycles. The molecule has 1 aromatic carbocycles. The highest BCUT2D eigenvalue weighted by Gasteiger charge is 2.14. The summed E-state index contributed by atoms with van der Waals surface area (Å²) in [6.45, 7) is 0.230. The van der Waals surface area contributed by atoms with Crippen LogP contribution in [0.3, 0.4) is 0 Å². The number of nitrogens with two attached hydrogens (primary N) is 2. The minimum absolute atomic E-state index is 0.230. The molecule has 0 spiro atoms. The zero-order valence-electron chi connectivity index (χ0n) is 11.3. The summed E-state index contributed by atoms with van der Waals surface area (Å²) in [5, 5.41) is 0.657. The number of hydrogen-bond acceptors (Lipinski definition) is 5. The average Bonchev–Trinajstić information content (AvgIpc) is 2.94. The number of primary amides is 1. The van der Waals surface area contributed by atoms with Crippen molar-refractivity contribution in [2.45, 2.75) is 18.9 Å². The van der Waals surface area contributed by atoms with Crippen molar-refractivity contribution in [3.63, 3.8) is 0 Å². The lowest BCUT2D eigenvalue weighted by molar-refractivity contribution is 0.153. The fraction of sp³-hybridized carbons (Fsp3) is 0.286. The van der Waals surface area contributed by atoms with Crippen molar-refractivity contribution in [1.82, 2.24) is 4.98 Å². The van der Waals surface area contributed by atoms with Crippen molar-refractivity contribution < 1.29 is 13.9 Å². The van der Waals surface area contributed by atoms with Crippen LogP contribution in [0.5, 0.6) is 0 Å². The monoisotopic (exact) mass is 309 g/mol. The topological polar surface area (TPSA) is 104 Å². The average molecular weight is 310 g/mol. The summed E-state index contributed by atoms with van der Waals surface area (Å²) >= 11 is 5.84. The maximum Gasteiger partial charge on any atom is 0.404 e. The first-order chi connectivity index (χ1) is 10.1. The van der Waals surface area contributed by atoms with Crippen molar-refractivity contribution in [2.75, 3.05) is 6.61 Å². The van der Waals surface area contributed by atoms with Crippen LogP contribution in [-0.4, -0.2) is 17.7 Å². The fourth-order valence-electron chi connectivity index (χ4n) is 1.81. The lowest BCUT2D eigenvalue weighted by Crippen LogP contribution is -2.16. The van der Waals surface area contributed by atoms with E-state index in [0.29, 0.717) is 29.5 Å². The summed E-state index contributed by atoms with van der Waals surface area (Å²) < 4.78 is 10.3. The molecule has 1 unspecified atom stereocenters. The van der Waals surface area contributed by atoms with E-state index in [4.69, 9.17) is 27.5 Å². The van der Waals surface area contributed by atoms with Gasteiger partial charge in [0.2, 0.25) is 5.89 Å². The van der Waals surface area contributed by atoms with Crippen LogP contribution in [0.1, 0.15) is 24.8 Å². The smallest absolute Gasteiger partial charge is 0.404 e. The molecule has 4 N–H and O–H groups in total. The number of nitrogens with zero attached hydrogens (tertiary/aromatic N) is 1. The number of amides is 1. The Bertz CT molecular complexity index is 598. The van der Waals surface area contributed by atoms with Crippen LogP contribution < -0.4 is 11.5 Å². The van der Waals surface area contributed by atoms with Gasteiger partial charge in [0, 0.05) is 10.6 Å². The number of ether oxygens (including phenoxy) is 1. The maximum absolute atomic E-state index is 10.4.